The fourth-order valence-corrected chi connectivity index (χ4v) is 1.69. The lowest BCUT2D eigenvalue weighted by Gasteiger charge is -2.13. The van der Waals surface area contributed by atoms with Gasteiger partial charge < -0.3 is 5.11 Å². The number of halogens is 1. The Morgan fingerprint density at radius 1 is 1.42 bits per heavy atom. The van der Waals surface area contributed by atoms with Gasteiger partial charge in [0.05, 0.1) is 5.56 Å². The van der Waals surface area contributed by atoms with Crippen LogP contribution in [0.1, 0.15) is 11.1 Å². The van der Waals surface area contributed by atoms with Gasteiger partial charge in [-0.2, -0.15) is 0 Å². The van der Waals surface area contributed by atoms with Crippen LogP contribution in [-0.2, 0) is 6.42 Å². The molecular weight excluding hydrogens is 174 g/mol. The van der Waals surface area contributed by atoms with Crippen molar-refractivity contribution in [3.05, 3.63) is 29.3 Å². The Balaban J connectivity index is 2.64. The smallest absolute Gasteiger partial charge is 0.134 e. The molecule has 1 heterocycles. The van der Waals surface area contributed by atoms with Crippen LogP contribution in [0.3, 0.4) is 0 Å². The van der Waals surface area contributed by atoms with Gasteiger partial charge in [-0.3, -0.25) is 4.99 Å². The van der Waals surface area contributed by atoms with Crippen LogP contribution in [0.4, 0.5) is 0 Å². The van der Waals surface area contributed by atoms with Gasteiger partial charge in [-0.05, 0) is 18.1 Å². The van der Waals surface area contributed by atoms with E-state index >= 15 is 0 Å². The molecule has 0 aliphatic carbocycles. The molecule has 0 bridgehead atoms. The van der Waals surface area contributed by atoms with E-state index in [1.165, 1.54) is 0 Å². The lowest BCUT2D eigenvalue weighted by molar-refractivity contribution is 0.473. The molecule has 1 aromatic carbocycles. The predicted octanol–water partition coefficient (Wildman–Crippen LogP) is 1.93. The third kappa shape index (κ3) is 1.08. The molecule has 0 saturated carbocycles. The molecule has 1 aliphatic rings. The number of hydrogen-bond acceptors (Lipinski definition) is 2. The van der Waals surface area contributed by atoms with E-state index in [9.17, 15) is 5.11 Å². The summed E-state index contributed by atoms with van der Waals surface area (Å²) in [6, 6.07) is 5.41. The molecule has 0 saturated heterocycles. The van der Waals surface area contributed by atoms with Gasteiger partial charge in [0.2, 0.25) is 0 Å². The van der Waals surface area contributed by atoms with Crippen molar-refractivity contribution < 1.29 is 5.11 Å². The summed E-state index contributed by atoms with van der Waals surface area (Å²) in [5.74, 6) is 0.223. The molecule has 62 valence electrons. The van der Waals surface area contributed by atoms with Gasteiger partial charge in [0, 0.05) is 6.54 Å². The van der Waals surface area contributed by atoms with Crippen LogP contribution in [0, 0.1) is 0 Å². The Labute approximate surface area is 75.5 Å². The van der Waals surface area contributed by atoms with Crippen LogP contribution >= 0.6 is 11.6 Å². The van der Waals surface area contributed by atoms with Gasteiger partial charge in [-0.25, -0.2) is 0 Å². The quantitative estimate of drug-likeness (QED) is 0.652. The Morgan fingerprint density at radius 3 is 3.00 bits per heavy atom. The summed E-state index contributed by atoms with van der Waals surface area (Å²) in [7, 11) is 0. The first-order valence-electron chi connectivity index (χ1n) is 3.80. The minimum Gasteiger partial charge on any atom is -0.507 e. The van der Waals surface area contributed by atoms with Crippen LogP contribution < -0.4 is 0 Å². The number of benzene rings is 1. The summed E-state index contributed by atoms with van der Waals surface area (Å²) >= 11 is 5.84. The average Bonchev–Trinajstić information content (AvgIpc) is 2.04. The predicted molar refractivity (Wildman–Crippen MR) is 49.1 cm³/mol. The van der Waals surface area contributed by atoms with Gasteiger partial charge >= 0.3 is 0 Å². The number of phenols is 1. The van der Waals surface area contributed by atoms with E-state index in [1.54, 1.807) is 6.07 Å². The Kier molecular flexibility index (Phi) is 1.77. The summed E-state index contributed by atoms with van der Waals surface area (Å²) in [5.41, 5.74) is 1.78. The van der Waals surface area contributed by atoms with Crippen LogP contribution in [0.15, 0.2) is 23.2 Å². The summed E-state index contributed by atoms with van der Waals surface area (Å²) < 4.78 is 0. The minimum atomic E-state index is 0.223. The highest BCUT2D eigenvalue weighted by Crippen LogP contribution is 2.26. The van der Waals surface area contributed by atoms with Crippen molar-refractivity contribution in [3.63, 3.8) is 0 Å². The Bertz CT molecular complexity index is 346. The van der Waals surface area contributed by atoms with Crippen molar-refractivity contribution in [2.24, 2.45) is 4.99 Å². The molecule has 0 radical (unpaired) electrons. The zero-order chi connectivity index (χ0) is 8.55. The maximum atomic E-state index is 9.46. The molecule has 1 aliphatic heterocycles. The highest BCUT2D eigenvalue weighted by Gasteiger charge is 2.15. The topological polar surface area (TPSA) is 32.6 Å². The van der Waals surface area contributed by atoms with Crippen LogP contribution in [0.25, 0.3) is 0 Å². The fraction of sp³-hybridized carbons (Fsp3) is 0.222. The molecule has 1 N–H and O–H groups in total. The largest absolute Gasteiger partial charge is 0.507 e. The molecule has 1 aromatic rings. The molecule has 2 rings (SSSR count). The van der Waals surface area contributed by atoms with Crippen molar-refractivity contribution in [1.82, 2.24) is 0 Å². The standard InChI is InChI=1S/C9H8ClNO/c10-9-8-6(4-5-11-9)2-1-3-7(8)12/h1-3,12H,4-5H2. The summed E-state index contributed by atoms with van der Waals surface area (Å²) in [6.07, 6.45) is 0.861. The monoisotopic (exact) mass is 181 g/mol. The molecular formula is C9H8ClNO. The molecule has 0 spiro atoms. The first-order valence-corrected chi connectivity index (χ1v) is 4.18. The van der Waals surface area contributed by atoms with Gasteiger partial charge in [0.15, 0.2) is 0 Å². The van der Waals surface area contributed by atoms with E-state index in [1.807, 2.05) is 12.1 Å². The molecule has 0 unspecified atom stereocenters. The number of rotatable bonds is 0. The van der Waals surface area contributed by atoms with Crippen molar-refractivity contribution in [1.29, 1.82) is 0 Å². The molecule has 0 fully saturated rings. The van der Waals surface area contributed by atoms with Crippen LogP contribution in [0.2, 0.25) is 0 Å². The van der Waals surface area contributed by atoms with E-state index < -0.39 is 0 Å². The van der Waals surface area contributed by atoms with E-state index in [0.29, 0.717) is 10.7 Å². The normalized spacial score (nSPS) is 15.2. The maximum Gasteiger partial charge on any atom is 0.134 e. The highest BCUT2D eigenvalue weighted by atomic mass is 35.5. The minimum absolute atomic E-state index is 0.223. The molecule has 0 aromatic heterocycles. The van der Waals surface area contributed by atoms with Gasteiger partial charge in [-0.1, -0.05) is 23.7 Å². The zero-order valence-corrected chi connectivity index (χ0v) is 7.17. The first-order chi connectivity index (χ1) is 5.79. The number of fused-ring (bicyclic) bond motifs is 1. The van der Waals surface area contributed by atoms with Gasteiger partial charge in [-0.15, -0.1) is 0 Å². The Morgan fingerprint density at radius 2 is 2.25 bits per heavy atom. The van der Waals surface area contributed by atoms with E-state index in [2.05, 4.69) is 4.99 Å². The van der Waals surface area contributed by atoms with Crippen LogP contribution in [0.5, 0.6) is 5.75 Å². The number of nitrogens with zero attached hydrogens (tertiary/aromatic N) is 1. The maximum absolute atomic E-state index is 9.46. The van der Waals surface area contributed by atoms with E-state index in [-0.39, 0.29) is 5.75 Å². The van der Waals surface area contributed by atoms with Gasteiger partial charge in [0.1, 0.15) is 10.9 Å². The second-order valence-corrected chi connectivity index (χ2v) is 3.09. The number of aromatic hydroxyl groups is 1. The summed E-state index contributed by atoms with van der Waals surface area (Å²) in [4.78, 5) is 4.05. The third-order valence-electron chi connectivity index (χ3n) is 1.97. The second kappa shape index (κ2) is 2.79. The Hall–Kier alpha value is -1.02. The number of aliphatic imine (C=N–C) groups is 1. The average molecular weight is 182 g/mol. The molecule has 12 heavy (non-hydrogen) atoms. The lowest BCUT2D eigenvalue weighted by atomic mass is 10.0. The van der Waals surface area contributed by atoms with Crippen molar-refractivity contribution in [2.75, 3.05) is 6.54 Å². The van der Waals surface area contributed by atoms with Crippen LogP contribution in [-0.4, -0.2) is 16.8 Å². The van der Waals surface area contributed by atoms with Crippen molar-refractivity contribution in [2.45, 2.75) is 6.42 Å². The van der Waals surface area contributed by atoms with Crippen molar-refractivity contribution >= 4 is 16.8 Å². The fourth-order valence-electron chi connectivity index (χ4n) is 1.39. The summed E-state index contributed by atoms with van der Waals surface area (Å²) in [5, 5.41) is 9.89. The number of phenolic OH excluding ortho intramolecular Hbond substituents is 1. The lowest BCUT2D eigenvalue weighted by Crippen LogP contribution is -2.07. The highest BCUT2D eigenvalue weighted by molar-refractivity contribution is 6.70. The SMILES string of the molecule is Oc1cccc2c1C(Cl)=NCC2. The van der Waals surface area contributed by atoms with Crippen molar-refractivity contribution in [3.8, 4) is 5.75 Å². The number of hydrogen-bond donors (Lipinski definition) is 1. The van der Waals surface area contributed by atoms with Gasteiger partial charge in [0.25, 0.3) is 0 Å². The molecule has 3 heteroatoms. The zero-order valence-electron chi connectivity index (χ0n) is 6.42. The summed E-state index contributed by atoms with van der Waals surface area (Å²) in [6.45, 7) is 0.718. The third-order valence-corrected chi connectivity index (χ3v) is 2.28. The molecule has 0 atom stereocenters. The second-order valence-electron chi connectivity index (χ2n) is 2.73. The first kappa shape index (κ1) is 7.62. The van der Waals surface area contributed by atoms with E-state index in [4.69, 9.17) is 11.6 Å². The molecule has 0 amide bonds. The molecule has 2 nitrogen and oxygen atoms in total. The van der Waals surface area contributed by atoms with E-state index in [0.717, 1.165) is 18.5 Å².